The van der Waals surface area contributed by atoms with Gasteiger partial charge in [0.1, 0.15) is 5.52 Å². The third-order valence-corrected chi connectivity index (χ3v) is 3.30. The van der Waals surface area contributed by atoms with Crippen LogP contribution in [0.4, 0.5) is 0 Å². The Labute approximate surface area is 100 Å². The summed E-state index contributed by atoms with van der Waals surface area (Å²) in [6.45, 7) is 3.26. The van der Waals surface area contributed by atoms with Gasteiger partial charge in [0.2, 0.25) is 0 Å². The number of aromatic nitrogens is 1. The molecule has 1 aliphatic rings. The van der Waals surface area contributed by atoms with Gasteiger partial charge in [-0.15, -0.1) is 0 Å². The van der Waals surface area contributed by atoms with E-state index < -0.39 is 0 Å². The van der Waals surface area contributed by atoms with Gasteiger partial charge < -0.3 is 15.1 Å². The topological polar surface area (TPSA) is 50.1 Å². The number of nitrogens with zero attached hydrogens (tertiary/aromatic N) is 1. The minimum Gasteiger partial charge on any atom is -0.443 e. The molecule has 0 spiro atoms. The van der Waals surface area contributed by atoms with Crippen molar-refractivity contribution in [2.45, 2.75) is 18.9 Å². The number of oxazole rings is 1. The van der Waals surface area contributed by atoms with Crippen LogP contribution in [0.2, 0.25) is 0 Å². The molecule has 3 rings (SSSR count). The minimum absolute atomic E-state index is 0.643. The lowest BCUT2D eigenvalue weighted by molar-refractivity contribution is 0.550. The maximum absolute atomic E-state index is 5.30. The van der Waals surface area contributed by atoms with E-state index in [-0.39, 0.29) is 0 Å². The number of nitrogens with one attached hydrogen (secondary N) is 2. The second-order valence-electron chi connectivity index (χ2n) is 4.55. The number of hydrogen-bond acceptors (Lipinski definition) is 4. The normalized spacial score (nSPS) is 20.1. The first-order valence-electron chi connectivity index (χ1n) is 6.18. The van der Waals surface area contributed by atoms with Gasteiger partial charge in [-0.3, -0.25) is 0 Å². The zero-order chi connectivity index (χ0) is 11.5. The van der Waals surface area contributed by atoms with E-state index in [0.29, 0.717) is 6.04 Å². The summed E-state index contributed by atoms with van der Waals surface area (Å²) < 4.78 is 5.30. The number of hydrogen-bond donors (Lipinski definition) is 2. The van der Waals surface area contributed by atoms with Crippen molar-refractivity contribution in [3.05, 3.63) is 30.2 Å². The number of benzene rings is 1. The molecular formula is C13H17N3O. The largest absolute Gasteiger partial charge is 0.443 e. The number of rotatable bonds is 4. The lowest BCUT2D eigenvalue weighted by Gasteiger charge is -2.10. The van der Waals surface area contributed by atoms with Gasteiger partial charge >= 0.3 is 0 Å². The van der Waals surface area contributed by atoms with Crippen LogP contribution in [-0.2, 0) is 6.42 Å². The van der Waals surface area contributed by atoms with E-state index in [1.54, 1.807) is 0 Å². The van der Waals surface area contributed by atoms with Crippen molar-refractivity contribution in [2.24, 2.45) is 0 Å². The van der Waals surface area contributed by atoms with Gasteiger partial charge in [0.25, 0.3) is 0 Å². The van der Waals surface area contributed by atoms with E-state index in [0.717, 1.165) is 37.2 Å². The Morgan fingerprint density at radius 2 is 2.47 bits per heavy atom. The fraction of sp³-hybridized carbons (Fsp3) is 0.462. The summed E-state index contributed by atoms with van der Waals surface area (Å²) in [5.41, 5.74) is 3.11. The van der Waals surface area contributed by atoms with Crippen LogP contribution in [0.25, 0.3) is 11.1 Å². The highest BCUT2D eigenvalue weighted by Crippen LogP contribution is 2.14. The molecule has 1 aromatic carbocycles. The van der Waals surface area contributed by atoms with Crippen molar-refractivity contribution in [1.82, 2.24) is 15.6 Å². The molecule has 1 atom stereocenters. The summed E-state index contributed by atoms with van der Waals surface area (Å²) in [6, 6.07) is 6.87. The van der Waals surface area contributed by atoms with Gasteiger partial charge in [0.15, 0.2) is 12.0 Å². The fourth-order valence-corrected chi connectivity index (χ4v) is 2.30. The molecule has 0 aliphatic carbocycles. The molecule has 1 fully saturated rings. The summed E-state index contributed by atoms with van der Waals surface area (Å²) in [5, 5.41) is 6.92. The molecule has 0 radical (unpaired) electrons. The molecule has 0 amide bonds. The average molecular weight is 231 g/mol. The number of fused-ring (bicyclic) bond motifs is 1. The first-order valence-corrected chi connectivity index (χ1v) is 6.18. The summed E-state index contributed by atoms with van der Waals surface area (Å²) in [4.78, 5) is 4.11. The monoisotopic (exact) mass is 231 g/mol. The van der Waals surface area contributed by atoms with Gasteiger partial charge in [0, 0.05) is 12.6 Å². The second kappa shape index (κ2) is 4.85. The molecule has 0 bridgehead atoms. The molecule has 90 valence electrons. The summed E-state index contributed by atoms with van der Waals surface area (Å²) in [7, 11) is 0. The Kier molecular flexibility index (Phi) is 3.07. The predicted molar refractivity (Wildman–Crippen MR) is 67.0 cm³/mol. The van der Waals surface area contributed by atoms with Gasteiger partial charge in [-0.05, 0) is 43.6 Å². The van der Waals surface area contributed by atoms with Crippen LogP contribution < -0.4 is 10.6 Å². The zero-order valence-corrected chi connectivity index (χ0v) is 9.78. The molecule has 4 heteroatoms. The van der Waals surface area contributed by atoms with E-state index in [2.05, 4.69) is 27.8 Å². The Balaban J connectivity index is 1.56. The van der Waals surface area contributed by atoms with Crippen molar-refractivity contribution < 1.29 is 4.42 Å². The second-order valence-corrected chi connectivity index (χ2v) is 4.55. The van der Waals surface area contributed by atoms with Gasteiger partial charge in [-0.2, -0.15) is 0 Å². The maximum atomic E-state index is 5.30. The average Bonchev–Trinajstić information content (AvgIpc) is 2.98. The minimum atomic E-state index is 0.643. The maximum Gasteiger partial charge on any atom is 0.181 e. The van der Waals surface area contributed by atoms with Gasteiger partial charge in [-0.1, -0.05) is 6.07 Å². The third-order valence-electron chi connectivity index (χ3n) is 3.30. The van der Waals surface area contributed by atoms with Crippen molar-refractivity contribution >= 4 is 11.1 Å². The van der Waals surface area contributed by atoms with Crippen LogP contribution in [0, 0.1) is 0 Å². The van der Waals surface area contributed by atoms with Crippen LogP contribution in [0.15, 0.2) is 29.0 Å². The smallest absolute Gasteiger partial charge is 0.181 e. The Bertz CT molecular complexity index is 488. The first-order chi connectivity index (χ1) is 8.42. The van der Waals surface area contributed by atoms with E-state index in [1.165, 1.54) is 18.4 Å². The Morgan fingerprint density at radius 1 is 1.47 bits per heavy atom. The van der Waals surface area contributed by atoms with Crippen LogP contribution in [0.1, 0.15) is 12.0 Å². The van der Waals surface area contributed by atoms with Crippen molar-refractivity contribution in [3.63, 3.8) is 0 Å². The molecule has 1 aliphatic heterocycles. The highest BCUT2D eigenvalue weighted by atomic mass is 16.3. The molecule has 1 saturated heterocycles. The summed E-state index contributed by atoms with van der Waals surface area (Å²) in [5.74, 6) is 0. The molecule has 1 unspecified atom stereocenters. The van der Waals surface area contributed by atoms with E-state index >= 15 is 0 Å². The predicted octanol–water partition coefficient (Wildman–Crippen LogP) is 1.32. The fourth-order valence-electron chi connectivity index (χ4n) is 2.30. The molecule has 2 N–H and O–H groups in total. The lowest BCUT2D eigenvalue weighted by atomic mass is 10.1. The quantitative estimate of drug-likeness (QED) is 0.833. The summed E-state index contributed by atoms with van der Waals surface area (Å²) in [6.07, 6.45) is 3.77. The van der Waals surface area contributed by atoms with Gasteiger partial charge in [-0.25, -0.2) is 4.98 Å². The highest BCUT2D eigenvalue weighted by molar-refractivity contribution is 5.72. The molecule has 4 nitrogen and oxygen atoms in total. The lowest BCUT2D eigenvalue weighted by Crippen LogP contribution is -2.32. The molecular weight excluding hydrogens is 214 g/mol. The van der Waals surface area contributed by atoms with E-state index in [4.69, 9.17) is 4.42 Å². The van der Waals surface area contributed by atoms with Crippen LogP contribution >= 0.6 is 0 Å². The van der Waals surface area contributed by atoms with Crippen molar-refractivity contribution in [2.75, 3.05) is 19.6 Å². The van der Waals surface area contributed by atoms with Crippen molar-refractivity contribution in [3.8, 4) is 0 Å². The third kappa shape index (κ3) is 2.48. The Morgan fingerprint density at radius 3 is 3.35 bits per heavy atom. The summed E-state index contributed by atoms with van der Waals surface area (Å²) >= 11 is 0. The molecule has 17 heavy (non-hydrogen) atoms. The van der Waals surface area contributed by atoms with Crippen LogP contribution in [0.5, 0.6) is 0 Å². The van der Waals surface area contributed by atoms with Gasteiger partial charge in [0.05, 0.1) is 0 Å². The standard InChI is InChI=1S/C13H17N3O/c1-2-12-13(17-9-16-12)7-10(1)3-6-15-11-4-5-14-8-11/h1-2,7,9,11,14-15H,3-6,8H2. The molecule has 2 heterocycles. The van der Waals surface area contributed by atoms with E-state index in [1.807, 2.05) is 6.07 Å². The van der Waals surface area contributed by atoms with Crippen LogP contribution in [0.3, 0.4) is 0 Å². The van der Waals surface area contributed by atoms with E-state index in [9.17, 15) is 0 Å². The Hall–Kier alpha value is -1.39. The zero-order valence-electron chi connectivity index (χ0n) is 9.78. The molecule has 1 aromatic heterocycles. The first kappa shape index (κ1) is 10.7. The van der Waals surface area contributed by atoms with Crippen molar-refractivity contribution in [1.29, 1.82) is 0 Å². The SMILES string of the molecule is c1nc2ccc(CCNC3CCNC3)cc2o1. The highest BCUT2D eigenvalue weighted by Gasteiger charge is 2.12. The van der Waals surface area contributed by atoms with Crippen LogP contribution in [-0.4, -0.2) is 30.7 Å². The molecule has 2 aromatic rings. The molecule has 0 saturated carbocycles.